The number of nitrogens with one attached hydrogen (secondary N) is 1. The van der Waals surface area contributed by atoms with E-state index < -0.39 is 6.36 Å². The second-order valence-corrected chi connectivity index (χ2v) is 5.14. The van der Waals surface area contributed by atoms with E-state index in [9.17, 15) is 13.2 Å². The number of guanidine groups is 1. The molecule has 0 aliphatic heterocycles. The summed E-state index contributed by atoms with van der Waals surface area (Å²) >= 11 is 0. The quantitative estimate of drug-likeness (QED) is 0.613. The van der Waals surface area contributed by atoms with E-state index in [-0.39, 0.29) is 30.0 Å². The molecule has 0 amide bonds. The topological polar surface area (TPSA) is 68.9 Å². The predicted molar refractivity (Wildman–Crippen MR) is 89.8 cm³/mol. The third kappa shape index (κ3) is 6.62. The summed E-state index contributed by atoms with van der Waals surface area (Å²) < 4.78 is 46.8. The third-order valence-electron chi connectivity index (χ3n) is 2.97. The van der Waals surface area contributed by atoms with Crippen LogP contribution in [0.2, 0.25) is 0 Å². The Morgan fingerprint density at radius 2 is 1.76 bits per heavy atom. The van der Waals surface area contributed by atoms with Crippen molar-refractivity contribution < 1.29 is 22.6 Å². The zero-order valence-electron chi connectivity index (χ0n) is 13.5. The van der Waals surface area contributed by atoms with Gasteiger partial charge >= 0.3 is 6.36 Å². The molecule has 0 bridgehead atoms. The molecule has 2 rings (SSSR count). The van der Waals surface area contributed by atoms with Gasteiger partial charge in [-0.1, -0.05) is 30.3 Å². The van der Waals surface area contributed by atoms with Crippen molar-refractivity contribution in [3.05, 3.63) is 54.6 Å². The van der Waals surface area contributed by atoms with Gasteiger partial charge in [-0.15, -0.1) is 13.2 Å². The molecule has 1 atom stereocenters. The minimum Gasteiger partial charge on any atom is -0.489 e. The molecule has 5 nitrogen and oxygen atoms in total. The van der Waals surface area contributed by atoms with Crippen molar-refractivity contribution in [2.45, 2.75) is 19.4 Å². The molecule has 8 heteroatoms. The van der Waals surface area contributed by atoms with Crippen LogP contribution in [0.15, 0.2) is 59.6 Å². The van der Waals surface area contributed by atoms with E-state index in [4.69, 9.17) is 10.5 Å². The SMILES string of the molecule is CC(CN=C(N)Nc1ccccc1OC(F)(F)F)Oc1ccccc1. The summed E-state index contributed by atoms with van der Waals surface area (Å²) in [4.78, 5) is 4.07. The maximum absolute atomic E-state index is 12.4. The minimum absolute atomic E-state index is 0.0401. The molecule has 0 spiro atoms. The van der Waals surface area contributed by atoms with E-state index >= 15 is 0 Å². The van der Waals surface area contributed by atoms with Gasteiger partial charge in [0.15, 0.2) is 11.7 Å². The van der Waals surface area contributed by atoms with Gasteiger partial charge in [0, 0.05) is 0 Å². The lowest BCUT2D eigenvalue weighted by molar-refractivity contribution is -0.274. The lowest BCUT2D eigenvalue weighted by Gasteiger charge is -2.15. The van der Waals surface area contributed by atoms with Crippen LogP contribution in [0.3, 0.4) is 0 Å². The largest absolute Gasteiger partial charge is 0.573 e. The van der Waals surface area contributed by atoms with Crippen molar-refractivity contribution in [1.29, 1.82) is 0 Å². The maximum Gasteiger partial charge on any atom is 0.573 e. The third-order valence-corrected chi connectivity index (χ3v) is 2.97. The molecule has 0 aliphatic carbocycles. The van der Waals surface area contributed by atoms with Gasteiger partial charge in [0.05, 0.1) is 12.2 Å². The summed E-state index contributed by atoms with van der Waals surface area (Å²) in [6.45, 7) is 2.04. The Kier molecular flexibility index (Phi) is 6.10. The van der Waals surface area contributed by atoms with Gasteiger partial charge in [0.2, 0.25) is 0 Å². The van der Waals surface area contributed by atoms with E-state index in [1.54, 1.807) is 6.07 Å². The van der Waals surface area contributed by atoms with Gasteiger partial charge in [-0.25, -0.2) is 4.99 Å². The number of ether oxygens (including phenoxy) is 2. The molecule has 0 aliphatic rings. The lowest BCUT2D eigenvalue weighted by Crippen LogP contribution is -2.26. The van der Waals surface area contributed by atoms with Crippen LogP contribution >= 0.6 is 0 Å². The van der Waals surface area contributed by atoms with E-state index in [1.807, 2.05) is 37.3 Å². The number of anilines is 1. The first-order chi connectivity index (χ1) is 11.8. The Balaban J connectivity index is 1.95. The fourth-order valence-electron chi connectivity index (χ4n) is 1.96. The van der Waals surface area contributed by atoms with Crippen LogP contribution in [0.25, 0.3) is 0 Å². The van der Waals surface area contributed by atoms with Crippen LogP contribution in [-0.4, -0.2) is 25.0 Å². The predicted octanol–water partition coefficient (Wildman–Crippen LogP) is 3.78. The average Bonchev–Trinajstić information content (AvgIpc) is 2.54. The van der Waals surface area contributed by atoms with Crippen LogP contribution in [0.4, 0.5) is 18.9 Å². The zero-order valence-corrected chi connectivity index (χ0v) is 13.5. The standard InChI is InChI=1S/C17H18F3N3O2/c1-12(24-13-7-3-2-4-8-13)11-22-16(21)23-14-9-5-6-10-15(14)25-17(18,19)20/h2-10,12H,11H2,1H3,(H3,21,22,23). The molecular weight excluding hydrogens is 335 g/mol. The summed E-state index contributed by atoms with van der Waals surface area (Å²) in [5.74, 6) is 0.268. The summed E-state index contributed by atoms with van der Waals surface area (Å²) in [6.07, 6.45) is -5.05. The van der Waals surface area contributed by atoms with Crippen LogP contribution in [0.1, 0.15) is 6.92 Å². The molecule has 25 heavy (non-hydrogen) atoms. The van der Waals surface area contributed by atoms with Gasteiger partial charge < -0.3 is 20.5 Å². The van der Waals surface area contributed by atoms with Crippen molar-refractivity contribution in [2.75, 3.05) is 11.9 Å². The number of hydrogen-bond acceptors (Lipinski definition) is 3. The van der Waals surface area contributed by atoms with Crippen molar-refractivity contribution in [3.63, 3.8) is 0 Å². The molecule has 3 N–H and O–H groups in total. The molecule has 0 radical (unpaired) electrons. The molecule has 0 heterocycles. The number of rotatable bonds is 6. The minimum atomic E-state index is -4.79. The second kappa shape index (κ2) is 8.27. The van der Waals surface area contributed by atoms with E-state index in [1.165, 1.54) is 18.2 Å². The number of benzene rings is 2. The van der Waals surface area contributed by atoms with Crippen molar-refractivity contribution >= 4 is 11.6 Å². The molecule has 2 aromatic carbocycles. The van der Waals surface area contributed by atoms with Crippen LogP contribution in [-0.2, 0) is 0 Å². The molecule has 2 aromatic rings. The summed E-state index contributed by atoms with van der Waals surface area (Å²) in [5, 5.41) is 2.60. The second-order valence-electron chi connectivity index (χ2n) is 5.14. The van der Waals surface area contributed by atoms with E-state index in [0.29, 0.717) is 5.75 Å². The van der Waals surface area contributed by atoms with Gasteiger partial charge in [-0.3, -0.25) is 0 Å². The lowest BCUT2D eigenvalue weighted by atomic mass is 10.3. The Hall–Kier alpha value is -2.90. The van der Waals surface area contributed by atoms with Crippen LogP contribution < -0.4 is 20.5 Å². The molecular formula is C17H18F3N3O2. The maximum atomic E-state index is 12.4. The highest BCUT2D eigenvalue weighted by Gasteiger charge is 2.32. The number of nitrogens with two attached hydrogens (primary N) is 1. The number of nitrogens with zero attached hydrogens (tertiary/aromatic N) is 1. The van der Waals surface area contributed by atoms with Crippen molar-refractivity contribution in [2.24, 2.45) is 10.7 Å². The summed E-state index contributed by atoms with van der Waals surface area (Å²) in [5.41, 5.74) is 5.79. The monoisotopic (exact) mass is 353 g/mol. The smallest absolute Gasteiger partial charge is 0.489 e. The van der Waals surface area contributed by atoms with Crippen LogP contribution in [0.5, 0.6) is 11.5 Å². The molecule has 0 fully saturated rings. The first-order valence-electron chi connectivity index (χ1n) is 7.47. The Labute approximate surface area is 143 Å². The number of para-hydroxylation sites is 3. The molecule has 0 saturated carbocycles. The summed E-state index contributed by atoms with van der Waals surface area (Å²) in [6, 6.07) is 14.8. The number of hydrogen-bond donors (Lipinski definition) is 2. The highest BCUT2D eigenvalue weighted by molar-refractivity contribution is 5.93. The van der Waals surface area contributed by atoms with Gasteiger partial charge in [0.25, 0.3) is 0 Å². The molecule has 1 unspecified atom stereocenters. The number of halogens is 3. The highest BCUT2D eigenvalue weighted by atomic mass is 19.4. The summed E-state index contributed by atoms with van der Waals surface area (Å²) in [7, 11) is 0. The van der Waals surface area contributed by atoms with E-state index in [0.717, 1.165) is 0 Å². The Bertz CT molecular complexity index is 706. The normalized spacial score (nSPS) is 13.2. The Morgan fingerprint density at radius 1 is 1.12 bits per heavy atom. The molecule has 134 valence electrons. The van der Waals surface area contributed by atoms with E-state index in [2.05, 4.69) is 15.0 Å². The van der Waals surface area contributed by atoms with Crippen molar-refractivity contribution in [3.8, 4) is 11.5 Å². The Morgan fingerprint density at radius 3 is 2.44 bits per heavy atom. The first-order valence-corrected chi connectivity index (χ1v) is 7.47. The fraction of sp³-hybridized carbons (Fsp3) is 0.235. The fourth-order valence-corrected chi connectivity index (χ4v) is 1.96. The first kappa shape index (κ1) is 18.4. The average molecular weight is 353 g/mol. The van der Waals surface area contributed by atoms with Gasteiger partial charge in [0.1, 0.15) is 11.9 Å². The van der Waals surface area contributed by atoms with Gasteiger partial charge in [-0.05, 0) is 31.2 Å². The number of aliphatic imine (C=N–C) groups is 1. The van der Waals surface area contributed by atoms with Crippen LogP contribution in [0, 0.1) is 0 Å². The van der Waals surface area contributed by atoms with Crippen molar-refractivity contribution in [1.82, 2.24) is 0 Å². The number of alkyl halides is 3. The molecule has 0 saturated heterocycles. The molecule has 0 aromatic heterocycles. The van der Waals surface area contributed by atoms with Gasteiger partial charge in [-0.2, -0.15) is 0 Å². The zero-order chi connectivity index (χ0) is 18.3. The highest BCUT2D eigenvalue weighted by Crippen LogP contribution is 2.29.